The molecule has 0 saturated carbocycles. The Morgan fingerprint density at radius 2 is 2.24 bits per heavy atom. The van der Waals surface area contributed by atoms with Crippen molar-refractivity contribution in [1.29, 1.82) is 0 Å². The van der Waals surface area contributed by atoms with Crippen LogP contribution in [0.15, 0.2) is 24.4 Å². The number of aromatic nitrogens is 1. The molecule has 1 aromatic rings. The first-order valence-corrected chi connectivity index (χ1v) is 6.10. The summed E-state index contributed by atoms with van der Waals surface area (Å²) in [4.78, 5) is 15.5. The summed E-state index contributed by atoms with van der Waals surface area (Å²) in [6.45, 7) is 0. The Bertz CT molecular complexity index is 314. The van der Waals surface area contributed by atoms with Gasteiger partial charge in [-0.25, -0.2) is 4.98 Å². The number of anilines is 1. The minimum absolute atomic E-state index is 0. The van der Waals surface area contributed by atoms with Crippen molar-refractivity contribution < 1.29 is 4.79 Å². The molecule has 98 valence electrons. The van der Waals surface area contributed by atoms with E-state index in [9.17, 15) is 4.79 Å². The number of amides is 1. The third kappa shape index (κ3) is 7.44. The highest BCUT2D eigenvalue weighted by molar-refractivity contribution is 7.98. The molecular weight excluding hydrogens is 281 g/mol. The second kappa shape index (κ2) is 10.7. The number of carbonyl (C=O) groups excluding carboxylic acids is 1. The van der Waals surface area contributed by atoms with Gasteiger partial charge in [-0.2, -0.15) is 11.8 Å². The maximum atomic E-state index is 11.5. The topological polar surface area (TPSA) is 68.0 Å². The number of halogens is 2. The van der Waals surface area contributed by atoms with Crippen LogP contribution in [0.2, 0.25) is 0 Å². The molecule has 0 bridgehead atoms. The van der Waals surface area contributed by atoms with Gasteiger partial charge in [-0.15, -0.1) is 24.8 Å². The molecule has 17 heavy (non-hydrogen) atoms. The van der Waals surface area contributed by atoms with Crippen molar-refractivity contribution in [3.8, 4) is 0 Å². The van der Waals surface area contributed by atoms with Crippen LogP contribution in [-0.4, -0.2) is 28.9 Å². The van der Waals surface area contributed by atoms with Crippen LogP contribution in [0.5, 0.6) is 0 Å². The molecule has 1 aromatic heterocycles. The van der Waals surface area contributed by atoms with Crippen LogP contribution < -0.4 is 11.1 Å². The summed E-state index contributed by atoms with van der Waals surface area (Å²) in [7, 11) is 0. The summed E-state index contributed by atoms with van der Waals surface area (Å²) in [5, 5.41) is 2.67. The van der Waals surface area contributed by atoms with E-state index in [0.29, 0.717) is 12.2 Å². The number of thioether (sulfide) groups is 1. The smallest absolute Gasteiger partial charge is 0.242 e. The molecule has 0 fully saturated rings. The van der Waals surface area contributed by atoms with E-state index in [2.05, 4.69) is 10.3 Å². The lowest BCUT2D eigenvalue weighted by molar-refractivity contribution is -0.117. The van der Waals surface area contributed by atoms with E-state index >= 15 is 0 Å². The van der Waals surface area contributed by atoms with E-state index in [1.54, 1.807) is 30.1 Å². The molecule has 4 nitrogen and oxygen atoms in total. The van der Waals surface area contributed by atoms with Crippen molar-refractivity contribution in [3.63, 3.8) is 0 Å². The van der Waals surface area contributed by atoms with Crippen LogP contribution >= 0.6 is 36.6 Å². The zero-order valence-electron chi connectivity index (χ0n) is 9.46. The van der Waals surface area contributed by atoms with Crippen LogP contribution in [0.1, 0.15) is 6.42 Å². The molecule has 0 aromatic carbocycles. The van der Waals surface area contributed by atoms with Crippen molar-refractivity contribution in [1.82, 2.24) is 4.98 Å². The molecule has 0 aliphatic heterocycles. The van der Waals surface area contributed by atoms with E-state index in [1.165, 1.54) is 0 Å². The third-order valence-corrected chi connectivity index (χ3v) is 2.53. The zero-order chi connectivity index (χ0) is 11.1. The number of rotatable bonds is 5. The second-order valence-corrected chi connectivity index (χ2v) is 4.08. The lowest BCUT2D eigenvalue weighted by Gasteiger charge is -2.10. The zero-order valence-corrected chi connectivity index (χ0v) is 11.9. The average molecular weight is 298 g/mol. The highest BCUT2D eigenvalue weighted by Crippen LogP contribution is 2.03. The van der Waals surface area contributed by atoms with Gasteiger partial charge in [-0.3, -0.25) is 4.79 Å². The van der Waals surface area contributed by atoms with Gasteiger partial charge in [0.1, 0.15) is 5.82 Å². The summed E-state index contributed by atoms with van der Waals surface area (Å²) in [5.41, 5.74) is 5.70. The number of hydrogen-bond donors (Lipinski definition) is 2. The fraction of sp³-hybridized carbons (Fsp3) is 0.400. The highest BCUT2D eigenvalue weighted by atomic mass is 35.5. The monoisotopic (exact) mass is 297 g/mol. The van der Waals surface area contributed by atoms with Crippen LogP contribution in [0, 0.1) is 0 Å². The van der Waals surface area contributed by atoms with Gasteiger partial charge in [0.2, 0.25) is 5.91 Å². The number of nitrogens with two attached hydrogens (primary N) is 1. The van der Waals surface area contributed by atoms with Crippen molar-refractivity contribution >= 4 is 48.3 Å². The fourth-order valence-corrected chi connectivity index (χ4v) is 1.52. The normalized spacial score (nSPS) is 10.7. The number of pyridine rings is 1. The Morgan fingerprint density at radius 3 is 2.76 bits per heavy atom. The maximum absolute atomic E-state index is 11.5. The van der Waals surface area contributed by atoms with Crippen LogP contribution in [0.4, 0.5) is 5.82 Å². The van der Waals surface area contributed by atoms with Crippen molar-refractivity contribution in [2.45, 2.75) is 12.5 Å². The Labute approximate surface area is 118 Å². The van der Waals surface area contributed by atoms with Crippen molar-refractivity contribution in [3.05, 3.63) is 24.4 Å². The Hall–Kier alpha value is -0.490. The number of hydrogen-bond acceptors (Lipinski definition) is 4. The molecule has 1 amide bonds. The van der Waals surface area contributed by atoms with Gasteiger partial charge in [0.05, 0.1) is 6.04 Å². The summed E-state index contributed by atoms with van der Waals surface area (Å²) in [5.74, 6) is 1.25. The van der Waals surface area contributed by atoms with Crippen molar-refractivity contribution in [2.75, 3.05) is 17.3 Å². The molecule has 0 radical (unpaired) electrons. The largest absolute Gasteiger partial charge is 0.320 e. The van der Waals surface area contributed by atoms with Crippen LogP contribution in [0.25, 0.3) is 0 Å². The van der Waals surface area contributed by atoms with Gasteiger partial charge in [0, 0.05) is 6.20 Å². The van der Waals surface area contributed by atoms with Gasteiger partial charge in [0.15, 0.2) is 0 Å². The predicted octanol–water partition coefficient (Wildman–Crippen LogP) is 1.94. The van der Waals surface area contributed by atoms with E-state index in [4.69, 9.17) is 5.73 Å². The number of nitrogens with one attached hydrogen (secondary N) is 1. The summed E-state index contributed by atoms with van der Waals surface area (Å²) in [6.07, 6.45) is 4.30. The van der Waals surface area contributed by atoms with Gasteiger partial charge >= 0.3 is 0 Å². The maximum Gasteiger partial charge on any atom is 0.242 e. The summed E-state index contributed by atoms with van der Waals surface area (Å²) >= 11 is 1.68. The molecule has 7 heteroatoms. The molecule has 0 saturated heterocycles. The van der Waals surface area contributed by atoms with E-state index in [0.717, 1.165) is 5.75 Å². The molecule has 1 atom stereocenters. The quantitative estimate of drug-likeness (QED) is 0.872. The molecule has 3 N–H and O–H groups in total. The molecule has 1 rings (SSSR count). The number of nitrogens with zero attached hydrogens (tertiary/aromatic N) is 1. The molecule has 0 aliphatic carbocycles. The first-order chi connectivity index (χ1) is 7.24. The lowest BCUT2D eigenvalue weighted by atomic mass is 10.2. The Morgan fingerprint density at radius 1 is 1.53 bits per heavy atom. The van der Waals surface area contributed by atoms with Gasteiger partial charge in [-0.05, 0) is 30.6 Å². The standard InChI is InChI=1S/C10H15N3OS.2ClH/c1-15-7-5-8(11)10(14)13-9-4-2-3-6-12-9;;/h2-4,6,8H,5,7,11H2,1H3,(H,12,13,14);2*1H. The minimum atomic E-state index is -0.459. The SMILES string of the molecule is CSCCC(N)C(=O)Nc1ccccn1.Cl.Cl. The van der Waals surface area contributed by atoms with Crippen molar-refractivity contribution in [2.24, 2.45) is 5.73 Å². The first-order valence-electron chi connectivity index (χ1n) is 4.70. The first kappa shape index (κ1) is 18.9. The Kier molecular flexibility index (Phi) is 11.8. The van der Waals surface area contributed by atoms with Gasteiger partial charge in [0.25, 0.3) is 0 Å². The lowest BCUT2D eigenvalue weighted by Crippen LogP contribution is -2.36. The Balaban J connectivity index is 0. The molecular formula is C10H17Cl2N3OS. The number of carbonyl (C=O) groups is 1. The van der Waals surface area contributed by atoms with Crippen LogP contribution in [-0.2, 0) is 4.79 Å². The molecule has 0 aliphatic rings. The highest BCUT2D eigenvalue weighted by Gasteiger charge is 2.12. The third-order valence-electron chi connectivity index (χ3n) is 1.89. The summed E-state index contributed by atoms with van der Waals surface area (Å²) < 4.78 is 0. The van der Waals surface area contributed by atoms with Crippen LogP contribution in [0.3, 0.4) is 0 Å². The van der Waals surface area contributed by atoms with E-state index < -0.39 is 6.04 Å². The molecule has 1 heterocycles. The molecule has 1 unspecified atom stereocenters. The minimum Gasteiger partial charge on any atom is -0.320 e. The second-order valence-electron chi connectivity index (χ2n) is 3.09. The van der Waals surface area contributed by atoms with Gasteiger partial charge in [-0.1, -0.05) is 6.07 Å². The summed E-state index contributed by atoms with van der Waals surface area (Å²) in [6, 6.07) is 4.89. The predicted molar refractivity (Wildman–Crippen MR) is 78.3 cm³/mol. The average Bonchev–Trinajstić information content (AvgIpc) is 2.27. The molecule has 0 spiro atoms. The fourth-order valence-electron chi connectivity index (χ4n) is 1.03. The van der Waals surface area contributed by atoms with Gasteiger partial charge < -0.3 is 11.1 Å². The van der Waals surface area contributed by atoms with E-state index in [1.807, 2.05) is 12.3 Å². The van der Waals surface area contributed by atoms with E-state index in [-0.39, 0.29) is 30.7 Å².